The number of hydrogen-bond acceptors (Lipinski definition) is 2. The quantitative estimate of drug-likeness (QED) is 0.732. The third-order valence-electron chi connectivity index (χ3n) is 5.28. The van der Waals surface area contributed by atoms with Gasteiger partial charge in [-0.25, -0.2) is 0 Å². The molecule has 118 valence electrons. The molecule has 0 amide bonds. The van der Waals surface area contributed by atoms with Crippen LogP contribution >= 0.6 is 0 Å². The number of nitrogens with zero attached hydrogens (tertiary/aromatic N) is 1. The molecule has 0 spiro atoms. The summed E-state index contributed by atoms with van der Waals surface area (Å²) in [6.45, 7) is 1.24. The molecule has 2 aromatic rings. The SMILES string of the molecule is COc1ccc2cc(C#C[C@H]3CC[C@H]4CCCCN43)ccc2c1. The summed E-state index contributed by atoms with van der Waals surface area (Å²) in [5.41, 5.74) is 1.11. The molecule has 2 aliphatic rings. The first kappa shape index (κ1) is 14.6. The van der Waals surface area contributed by atoms with Gasteiger partial charge in [0.2, 0.25) is 0 Å². The van der Waals surface area contributed by atoms with Gasteiger partial charge in [-0.1, -0.05) is 30.4 Å². The third-order valence-corrected chi connectivity index (χ3v) is 5.28. The maximum absolute atomic E-state index is 5.28. The number of hydrogen-bond donors (Lipinski definition) is 0. The van der Waals surface area contributed by atoms with Gasteiger partial charge in [-0.3, -0.25) is 4.90 Å². The summed E-state index contributed by atoms with van der Waals surface area (Å²) in [6, 6.07) is 13.9. The molecule has 0 aromatic heterocycles. The Labute approximate surface area is 138 Å². The average Bonchev–Trinajstić information content (AvgIpc) is 3.02. The van der Waals surface area contributed by atoms with Crippen LogP contribution in [0.3, 0.4) is 0 Å². The zero-order chi connectivity index (χ0) is 15.6. The van der Waals surface area contributed by atoms with E-state index in [1.807, 2.05) is 6.07 Å². The van der Waals surface area contributed by atoms with Crippen molar-refractivity contribution in [2.24, 2.45) is 0 Å². The van der Waals surface area contributed by atoms with Crippen molar-refractivity contribution in [3.63, 3.8) is 0 Å². The van der Waals surface area contributed by atoms with Gasteiger partial charge in [-0.15, -0.1) is 0 Å². The van der Waals surface area contributed by atoms with Crippen molar-refractivity contribution in [2.75, 3.05) is 13.7 Å². The summed E-state index contributed by atoms with van der Waals surface area (Å²) in [5.74, 6) is 7.85. The predicted octanol–water partition coefficient (Wildman–Crippen LogP) is 4.22. The van der Waals surface area contributed by atoms with Crippen LogP contribution in [0.5, 0.6) is 5.75 Å². The number of ether oxygens (including phenoxy) is 1. The van der Waals surface area contributed by atoms with Crippen molar-refractivity contribution in [1.82, 2.24) is 4.90 Å². The lowest BCUT2D eigenvalue weighted by molar-refractivity contribution is 0.173. The van der Waals surface area contributed by atoms with Crippen LogP contribution in [0.1, 0.15) is 37.7 Å². The first-order chi connectivity index (χ1) is 11.3. The normalized spacial score (nSPS) is 24.0. The lowest BCUT2D eigenvalue weighted by Gasteiger charge is -2.31. The fraction of sp³-hybridized carbons (Fsp3) is 0.429. The molecular formula is C21H23NO. The molecule has 0 radical (unpaired) electrons. The van der Waals surface area contributed by atoms with Gasteiger partial charge in [0.25, 0.3) is 0 Å². The van der Waals surface area contributed by atoms with E-state index in [9.17, 15) is 0 Å². The van der Waals surface area contributed by atoms with Gasteiger partial charge in [0.1, 0.15) is 5.75 Å². The molecule has 2 saturated heterocycles. The lowest BCUT2D eigenvalue weighted by Crippen LogP contribution is -2.39. The monoisotopic (exact) mass is 305 g/mol. The van der Waals surface area contributed by atoms with Gasteiger partial charge in [0.05, 0.1) is 13.2 Å². The Kier molecular flexibility index (Phi) is 3.97. The molecule has 2 nitrogen and oxygen atoms in total. The Balaban J connectivity index is 1.56. The van der Waals surface area contributed by atoms with Crippen molar-refractivity contribution in [2.45, 2.75) is 44.2 Å². The Morgan fingerprint density at radius 2 is 1.87 bits per heavy atom. The van der Waals surface area contributed by atoms with Gasteiger partial charge in [0, 0.05) is 11.6 Å². The van der Waals surface area contributed by atoms with Gasteiger partial charge >= 0.3 is 0 Å². The Hall–Kier alpha value is -1.98. The Morgan fingerprint density at radius 3 is 2.78 bits per heavy atom. The van der Waals surface area contributed by atoms with Gasteiger partial charge in [0.15, 0.2) is 0 Å². The average molecular weight is 305 g/mol. The second-order valence-electron chi connectivity index (χ2n) is 6.68. The van der Waals surface area contributed by atoms with Crippen molar-refractivity contribution in [3.8, 4) is 17.6 Å². The molecule has 2 aliphatic heterocycles. The largest absolute Gasteiger partial charge is 0.497 e. The van der Waals surface area contributed by atoms with Crippen molar-refractivity contribution < 1.29 is 4.74 Å². The van der Waals surface area contributed by atoms with Crippen LogP contribution < -0.4 is 4.74 Å². The first-order valence-corrected chi connectivity index (χ1v) is 8.68. The van der Waals surface area contributed by atoms with Crippen molar-refractivity contribution in [3.05, 3.63) is 42.0 Å². The molecule has 0 saturated carbocycles. The Bertz CT molecular complexity index is 770. The second kappa shape index (κ2) is 6.26. The molecule has 0 aliphatic carbocycles. The molecule has 0 bridgehead atoms. The van der Waals surface area contributed by atoms with Crippen LogP contribution in [0.15, 0.2) is 36.4 Å². The second-order valence-corrected chi connectivity index (χ2v) is 6.68. The van der Waals surface area contributed by atoms with Crippen molar-refractivity contribution in [1.29, 1.82) is 0 Å². The molecule has 0 N–H and O–H groups in total. The third kappa shape index (κ3) is 2.94. The molecule has 2 fully saturated rings. The topological polar surface area (TPSA) is 12.5 Å². The van der Waals surface area contributed by atoms with Crippen LogP contribution in [0.2, 0.25) is 0 Å². The van der Waals surface area contributed by atoms with E-state index in [2.05, 4.69) is 47.1 Å². The molecule has 2 atom stereocenters. The van der Waals surface area contributed by atoms with Crippen LogP contribution in [0.25, 0.3) is 10.8 Å². The van der Waals surface area contributed by atoms with Gasteiger partial charge < -0.3 is 4.74 Å². The summed E-state index contributed by atoms with van der Waals surface area (Å²) in [5, 5.41) is 2.42. The van der Waals surface area contributed by atoms with E-state index in [4.69, 9.17) is 4.74 Å². The minimum absolute atomic E-state index is 0.465. The molecule has 0 unspecified atom stereocenters. The molecular weight excluding hydrogens is 282 g/mol. The molecule has 2 aromatic carbocycles. The lowest BCUT2D eigenvalue weighted by atomic mass is 10.0. The molecule has 2 heteroatoms. The molecule has 4 rings (SSSR count). The zero-order valence-corrected chi connectivity index (χ0v) is 13.7. The van der Waals surface area contributed by atoms with Crippen LogP contribution in [0.4, 0.5) is 0 Å². The predicted molar refractivity (Wildman–Crippen MR) is 94.7 cm³/mol. The van der Waals surface area contributed by atoms with E-state index in [1.165, 1.54) is 49.4 Å². The van der Waals surface area contributed by atoms with E-state index < -0.39 is 0 Å². The summed E-state index contributed by atoms with van der Waals surface area (Å²) >= 11 is 0. The number of piperidine rings is 1. The van der Waals surface area contributed by atoms with Crippen LogP contribution in [0, 0.1) is 11.8 Å². The highest BCUT2D eigenvalue weighted by Crippen LogP contribution is 2.31. The van der Waals surface area contributed by atoms with Gasteiger partial charge in [-0.05, 0) is 67.3 Å². The van der Waals surface area contributed by atoms with Crippen LogP contribution in [-0.2, 0) is 0 Å². The minimum Gasteiger partial charge on any atom is -0.497 e. The van der Waals surface area contributed by atoms with Gasteiger partial charge in [-0.2, -0.15) is 0 Å². The minimum atomic E-state index is 0.465. The van der Waals surface area contributed by atoms with E-state index in [-0.39, 0.29) is 0 Å². The number of rotatable bonds is 1. The summed E-state index contributed by atoms with van der Waals surface area (Å²) < 4.78 is 5.28. The van der Waals surface area contributed by atoms with Crippen LogP contribution in [-0.4, -0.2) is 30.6 Å². The highest BCUT2D eigenvalue weighted by molar-refractivity contribution is 5.85. The van der Waals surface area contributed by atoms with E-state index in [1.54, 1.807) is 7.11 Å². The zero-order valence-electron chi connectivity index (χ0n) is 13.7. The summed E-state index contributed by atoms with van der Waals surface area (Å²) in [7, 11) is 1.70. The Morgan fingerprint density at radius 1 is 1.00 bits per heavy atom. The molecule has 2 heterocycles. The van der Waals surface area contributed by atoms with E-state index in [0.717, 1.165) is 17.4 Å². The standard InChI is InChI=1S/C21H23NO/c1-23-21-12-8-17-14-16(5-7-18(17)15-21)6-9-20-11-10-19-4-2-3-13-22(19)20/h5,7-8,12,14-15,19-20H,2-4,10-11,13H2,1H3/t19-,20+/m1/s1. The maximum atomic E-state index is 5.28. The molecule has 23 heavy (non-hydrogen) atoms. The summed E-state index contributed by atoms with van der Waals surface area (Å²) in [4.78, 5) is 2.64. The van der Waals surface area contributed by atoms with Crippen molar-refractivity contribution >= 4 is 10.8 Å². The first-order valence-electron chi connectivity index (χ1n) is 8.68. The maximum Gasteiger partial charge on any atom is 0.119 e. The summed E-state index contributed by atoms with van der Waals surface area (Å²) in [6.07, 6.45) is 6.68. The number of benzene rings is 2. The highest BCUT2D eigenvalue weighted by atomic mass is 16.5. The highest BCUT2D eigenvalue weighted by Gasteiger charge is 2.33. The number of methoxy groups -OCH3 is 1. The number of fused-ring (bicyclic) bond motifs is 2. The fourth-order valence-corrected chi connectivity index (χ4v) is 4.01. The smallest absolute Gasteiger partial charge is 0.119 e. The van der Waals surface area contributed by atoms with E-state index >= 15 is 0 Å². The van der Waals surface area contributed by atoms with E-state index in [0.29, 0.717) is 6.04 Å². The fourth-order valence-electron chi connectivity index (χ4n) is 4.01.